The van der Waals surface area contributed by atoms with Crippen molar-refractivity contribution in [2.24, 2.45) is 4.99 Å². The highest BCUT2D eigenvalue weighted by Crippen LogP contribution is 2.27. The van der Waals surface area contributed by atoms with Crippen LogP contribution in [0.4, 0.5) is 0 Å². The van der Waals surface area contributed by atoms with Crippen LogP contribution in [-0.2, 0) is 6.42 Å². The van der Waals surface area contributed by atoms with E-state index in [1.807, 2.05) is 42.5 Å². The highest BCUT2D eigenvalue weighted by Gasteiger charge is 2.22. The number of halogens is 1. The molecule has 0 saturated carbocycles. The number of aliphatic imine (C=N–C) groups is 1. The largest absolute Gasteiger partial charge is 0.497 e. The number of hydrogen-bond acceptors (Lipinski definition) is 4. The zero-order valence-corrected chi connectivity index (χ0v) is 17.9. The highest BCUT2D eigenvalue weighted by molar-refractivity contribution is 14.0. The molecule has 0 aromatic heterocycles. The Morgan fingerprint density at radius 1 is 1.15 bits per heavy atom. The molecule has 0 spiro atoms. The predicted octanol–water partition coefficient (Wildman–Crippen LogP) is 2.86. The second kappa shape index (κ2) is 10.9. The molecule has 7 heteroatoms. The van der Waals surface area contributed by atoms with Gasteiger partial charge < -0.3 is 24.8 Å². The number of methoxy groups -OCH3 is 1. The number of rotatable bonds is 7. The molecule has 2 N–H and O–H groups in total. The van der Waals surface area contributed by atoms with E-state index < -0.39 is 0 Å². The van der Waals surface area contributed by atoms with Crippen molar-refractivity contribution in [2.75, 3.05) is 33.9 Å². The van der Waals surface area contributed by atoms with Crippen LogP contribution in [0.2, 0.25) is 0 Å². The maximum atomic E-state index is 5.93. The second-order valence-electron chi connectivity index (χ2n) is 5.96. The summed E-state index contributed by atoms with van der Waals surface area (Å²) >= 11 is 0. The number of para-hydroxylation sites is 1. The summed E-state index contributed by atoms with van der Waals surface area (Å²) in [6.45, 7) is 1.87. The Hall–Kier alpha value is -2.16. The van der Waals surface area contributed by atoms with Crippen molar-refractivity contribution in [3.05, 3.63) is 54.1 Å². The molecule has 27 heavy (non-hydrogen) atoms. The van der Waals surface area contributed by atoms with E-state index in [9.17, 15) is 0 Å². The Kier molecular flexibility index (Phi) is 8.50. The number of nitrogens with one attached hydrogen (secondary N) is 2. The summed E-state index contributed by atoms with van der Waals surface area (Å²) in [6, 6.07) is 15.7. The average Bonchev–Trinajstić information content (AvgIpc) is 3.10. The molecule has 0 aliphatic carbocycles. The van der Waals surface area contributed by atoms with Gasteiger partial charge in [-0.3, -0.25) is 4.99 Å². The third kappa shape index (κ3) is 6.20. The standard InChI is InChI=1S/C20H25N3O3.HI/c1-21-20(22-10-11-25-17-8-5-7-16(13-17)24-2)23-14-18-12-15-6-3-4-9-19(15)26-18;/h3-9,13,18H,10-12,14H2,1-2H3,(H2,21,22,23);1H. The van der Waals surface area contributed by atoms with E-state index in [1.54, 1.807) is 14.2 Å². The van der Waals surface area contributed by atoms with E-state index >= 15 is 0 Å². The predicted molar refractivity (Wildman–Crippen MR) is 118 cm³/mol. The van der Waals surface area contributed by atoms with Crippen LogP contribution in [0, 0.1) is 0 Å². The summed E-state index contributed by atoms with van der Waals surface area (Å²) in [5.41, 5.74) is 1.26. The first-order valence-electron chi connectivity index (χ1n) is 8.74. The quantitative estimate of drug-likeness (QED) is 0.275. The fourth-order valence-corrected chi connectivity index (χ4v) is 2.83. The number of benzene rings is 2. The van der Waals surface area contributed by atoms with Crippen LogP contribution in [0.3, 0.4) is 0 Å². The van der Waals surface area contributed by atoms with Gasteiger partial charge in [0.05, 0.1) is 20.2 Å². The molecule has 2 aromatic rings. The Labute approximate surface area is 177 Å². The van der Waals surface area contributed by atoms with Gasteiger partial charge >= 0.3 is 0 Å². The molecule has 2 aromatic carbocycles. The Bertz CT molecular complexity index is 730. The molecule has 1 aliphatic rings. The minimum atomic E-state index is 0. The lowest BCUT2D eigenvalue weighted by molar-refractivity contribution is 0.234. The molecule has 1 aliphatic heterocycles. The summed E-state index contributed by atoms with van der Waals surface area (Å²) in [6.07, 6.45) is 1.04. The third-order valence-electron chi connectivity index (χ3n) is 4.14. The van der Waals surface area contributed by atoms with Crippen LogP contribution < -0.4 is 24.8 Å². The Morgan fingerprint density at radius 2 is 1.96 bits per heavy atom. The van der Waals surface area contributed by atoms with Crippen LogP contribution in [0.15, 0.2) is 53.5 Å². The third-order valence-corrected chi connectivity index (χ3v) is 4.14. The van der Waals surface area contributed by atoms with Gasteiger partial charge in [-0.2, -0.15) is 0 Å². The van der Waals surface area contributed by atoms with Crippen molar-refractivity contribution in [3.8, 4) is 17.2 Å². The second-order valence-corrected chi connectivity index (χ2v) is 5.96. The first-order chi connectivity index (χ1) is 12.8. The van der Waals surface area contributed by atoms with Gasteiger partial charge in [0, 0.05) is 19.5 Å². The molecule has 0 fully saturated rings. The number of ether oxygens (including phenoxy) is 3. The molecule has 146 valence electrons. The highest BCUT2D eigenvalue weighted by atomic mass is 127. The number of hydrogen-bond donors (Lipinski definition) is 2. The molecule has 0 radical (unpaired) electrons. The van der Waals surface area contributed by atoms with E-state index in [0.29, 0.717) is 19.7 Å². The SMILES string of the molecule is CN=C(NCCOc1cccc(OC)c1)NCC1Cc2ccccc2O1.I. The summed E-state index contributed by atoms with van der Waals surface area (Å²) in [4.78, 5) is 4.23. The fraction of sp³-hybridized carbons (Fsp3) is 0.350. The van der Waals surface area contributed by atoms with Gasteiger partial charge in [-0.05, 0) is 23.8 Å². The van der Waals surface area contributed by atoms with Gasteiger partial charge in [-0.15, -0.1) is 24.0 Å². The fourth-order valence-electron chi connectivity index (χ4n) is 2.83. The van der Waals surface area contributed by atoms with Crippen molar-refractivity contribution < 1.29 is 14.2 Å². The normalized spacial score (nSPS) is 15.2. The van der Waals surface area contributed by atoms with E-state index in [1.165, 1.54) is 5.56 Å². The van der Waals surface area contributed by atoms with E-state index in [0.717, 1.165) is 29.6 Å². The summed E-state index contributed by atoms with van der Waals surface area (Å²) < 4.78 is 16.8. The first-order valence-corrected chi connectivity index (χ1v) is 8.74. The molecular formula is C20H26IN3O3. The van der Waals surface area contributed by atoms with Crippen LogP contribution in [-0.4, -0.2) is 45.9 Å². The molecule has 0 bridgehead atoms. The Balaban J connectivity index is 0.00000261. The first kappa shape index (κ1) is 21.1. The zero-order chi connectivity index (χ0) is 18.2. The van der Waals surface area contributed by atoms with Crippen molar-refractivity contribution >= 4 is 29.9 Å². The summed E-state index contributed by atoms with van der Waals surface area (Å²) in [5, 5.41) is 6.54. The van der Waals surface area contributed by atoms with E-state index in [2.05, 4.69) is 21.7 Å². The lowest BCUT2D eigenvalue weighted by atomic mass is 10.1. The van der Waals surface area contributed by atoms with Gasteiger partial charge in [-0.25, -0.2) is 0 Å². The van der Waals surface area contributed by atoms with E-state index in [-0.39, 0.29) is 30.1 Å². The molecule has 0 saturated heterocycles. The van der Waals surface area contributed by atoms with Gasteiger partial charge in [0.2, 0.25) is 0 Å². The van der Waals surface area contributed by atoms with E-state index in [4.69, 9.17) is 14.2 Å². The van der Waals surface area contributed by atoms with Crippen LogP contribution in [0.5, 0.6) is 17.2 Å². The molecule has 6 nitrogen and oxygen atoms in total. The molecule has 1 heterocycles. The molecule has 3 rings (SSSR count). The van der Waals surface area contributed by atoms with Crippen molar-refractivity contribution in [3.63, 3.8) is 0 Å². The topological polar surface area (TPSA) is 64.1 Å². The Morgan fingerprint density at radius 3 is 2.74 bits per heavy atom. The molecule has 0 amide bonds. The van der Waals surface area contributed by atoms with Crippen LogP contribution in [0.25, 0.3) is 0 Å². The zero-order valence-electron chi connectivity index (χ0n) is 15.6. The minimum Gasteiger partial charge on any atom is -0.497 e. The van der Waals surface area contributed by atoms with Gasteiger partial charge in [-0.1, -0.05) is 24.3 Å². The van der Waals surface area contributed by atoms with Gasteiger partial charge in [0.25, 0.3) is 0 Å². The summed E-state index contributed by atoms with van der Waals surface area (Å²) in [5.74, 6) is 3.28. The molecule has 1 unspecified atom stereocenters. The molecular weight excluding hydrogens is 457 g/mol. The average molecular weight is 483 g/mol. The smallest absolute Gasteiger partial charge is 0.191 e. The van der Waals surface area contributed by atoms with Gasteiger partial charge in [0.15, 0.2) is 5.96 Å². The monoisotopic (exact) mass is 483 g/mol. The summed E-state index contributed by atoms with van der Waals surface area (Å²) in [7, 11) is 3.39. The van der Waals surface area contributed by atoms with Crippen LogP contribution in [0.1, 0.15) is 5.56 Å². The number of fused-ring (bicyclic) bond motifs is 1. The number of guanidine groups is 1. The lowest BCUT2D eigenvalue weighted by Gasteiger charge is -2.16. The van der Waals surface area contributed by atoms with Crippen molar-refractivity contribution in [1.29, 1.82) is 0 Å². The maximum Gasteiger partial charge on any atom is 0.191 e. The van der Waals surface area contributed by atoms with Crippen LogP contribution >= 0.6 is 24.0 Å². The molecule has 1 atom stereocenters. The minimum absolute atomic E-state index is 0. The van der Waals surface area contributed by atoms with Crippen molar-refractivity contribution in [2.45, 2.75) is 12.5 Å². The number of nitrogens with zero attached hydrogens (tertiary/aromatic N) is 1. The van der Waals surface area contributed by atoms with Crippen molar-refractivity contribution in [1.82, 2.24) is 10.6 Å². The van der Waals surface area contributed by atoms with Gasteiger partial charge in [0.1, 0.15) is 30.0 Å². The maximum absolute atomic E-state index is 5.93. The lowest BCUT2D eigenvalue weighted by Crippen LogP contribution is -2.43.